The van der Waals surface area contributed by atoms with Gasteiger partial charge in [0, 0.05) is 9.52 Å². The summed E-state index contributed by atoms with van der Waals surface area (Å²) in [6.45, 7) is 8.29. The molecule has 0 saturated carbocycles. The lowest BCUT2D eigenvalue weighted by atomic mass is 10.6. The Bertz CT molecular complexity index is 147. The number of rotatable bonds is 5. The van der Waals surface area contributed by atoms with E-state index in [9.17, 15) is 0 Å². The van der Waals surface area contributed by atoms with Crippen molar-refractivity contribution >= 4 is 31.5 Å². The summed E-state index contributed by atoms with van der Waals surface area (Å²) >= 11 is 3.80. The molecule has 0 rings (SSSR count). The quantitative estimate of drug-likeness (QED) is 0.405. The van der Waals surface area contributed by atoms with Crippen molar-refractivity contribution in [2.75, 3.05) is 0 Å². The normalized spacial score (nSPS) is 14.6. The van der Waals surface area contributed by atoms with Crippen LogP contribution in [-0.4, -0.2) is 16.2 Å². The van der Waals surface area contributed by atoms with Gasteiger partial charge in [-0.15, -0.1) is 15.3 Å². The highest BCUT2D eigenvalue weighted by atomic mass is 79.9. The van der Waals surface area contributed by atoms with Crippen LogP contribution in [-0.2, 0) is 0 Å². The Morgan fingerprint density at radius 2 is 2.08 bits per heavy atom. The summed E-state index contributed by atoms with van der Waals surface area (Å²) in [4.78, 5) is 0. The molecule has 0 radical (unpaired) electrons. The highest BCUT2D eigenvalue weighted by Gasteiger charge is 2.14. The third-order valence-corrected chi connectivity index (χ3v) is 6.87. The number of halogens is 1. The van der Waals surface area contributed by atoms with E-state index in [-0.39, 0.29) is 9.52 Å². The first-order chi connectivity index (χ1) is 5.45. The average molecular weight is 265 g/mol. The van der Waals surface area contributed by atoms with Gasteiger partial charge in [0.1, 0.15) is 6.69 Å². The predicted molar refractivity (Wildman–Crippen MR) is 68.6 cm³/mol. The molecule has 0 saturated heterocycles. The van der Waals surface area contributed by atoms with E-state index in [0.29, 0.717) is 0 Å². The van der Waals surface area contributed by atoms with Crippen LogP contribution in [0.2, 0.25) is 25.2 Å². The van der Waals surface area contributed by atoms with Gasteiger partial charge in [0.25, 0.3) is 0 Å². The van der Waals surface area contributed by atoms with Crippen LogP contribution < -0.4 is 0 Å². The van der Waals surface area contributed by atoms with Crippen LogP contribution in [0.3, 0.4) is 0 Å². The lowest BCUT2D eigenvalue weighted by molar-refractivity contribution is 1.05. The van der Waals surface area contributed by atoms with Crippen molar-refractivity contribution in [1.29, 1.82) is 0 Å². The van der Waals surface area contributed by atoms with E-state index in [1.807, 2.05) is 0 Å². The summed E-state index contributed by atoms with van der Waals surface area (Å²) in [7, 11) is 0.129. The minimum absolute atomic E-state index is 0.129. The molecule has 72 valence electrons. The lowest BCUT2D eigenvalue weighted by Gasteiger charge is -2.12. The minimum Gasteiger partial charge on any atom is -0.127 e. The molecule has 0 aromatic carbocycles. The van der Waals surface area contributed by atoms with Crippen LogP contribution in [0.15, 0.2) is 11.3 Å². The zero-order valence-electron chi connectivity index (χ0n) is 8.78. The van der Waals surface area contributed by atoms with Crippen molar-refractivity contribution in [1.82, 2.24) is 0 Å². The van der Waals surface area contributed by atoms with Gasteiger partial charge in [0.05, 0.1) is 0 Å². The van der Waals surface area contributed by atoms with E-state index in [4.69, 9.17) is 0 Å². The van der Waals surface area contributed by atoms with Gasteiger partial charge in [-0.05, 0) is 19.9 Å². The first kappa shape index (κ1) is 12.7. The fourth-order valence-electron chi connectivity index (χ4n) is 1.09. The molecule has 0 amide bonds. The molecule has 0 unspecified atom stereocenters. The van der Waals surface area contributed by atoms with Gasteiger partial charge < -0.3 is 0 Å². The Kier molecular flexibility index (Phi) is 6.50. The van der Waals surface area contributed by atoms with Gasteiger partial charge in [-0.2, -0.15) is 0 Å². The summed E-state index contributed by atoms with van der Waals surface area (Å²) < 4.78 is 0. The van der Waals surface area contributed by atoms with Gasteiger partial charge in [0.2, 0.25) is 0 Å². The molecule has 0 atom stereocenters. The van der Waals surface area contributed by atoms with E-state index in [2.05, 4.69) is 48.3 Å². The van der Waals surface area contributed by atoms with Crippen LogP contribution in [0.4, 0.5) is 0 Å². The maximum Gasteiger partial charge on any atom is 0.124 e. The predicted octanol–water partition coefficient (Wildman–Crippen LogP) is 3.49. The molecule has 0 aromatic rings. The van der Waals surface area contributed by atoms with E-state index in [1.54, 1.807) is 5.20 Å². The third kappa shape index (κ3) is 8.75. The average Bonchev–Trinajstić information content (AvgIpc) is 1.96. The molecule has 12 heavy (non-hydrogen) atoms. The Morgan fingerprint density at radius 3 is 2.50 bits per heavy atom. The maximum absolute atomic E-state index is 3.80. The van der Waals surface area contributed by atoms with Crippen molar-refractivity contribution in [3.8, 4) is 0 Å². The molecule has 0 heterocycles. The molecular weight excluding hydrogens is 244 g/mol. The Balaban J connectivity index is 3.34. The highest BCUT2D eigenvalue weighted by molar-refractivity contribution is 9.26. The summed E-state index contributed by atoms with van der Waals surface area (Å²) in [5.74, 6) is 0. The molecule has 0 aliphatic heterocycles. The van der Waals surface area contributed by atoms with Crippen LogP contribution in [0.1, 0.15) is 20.3 Å². The molecule has 0 N–H and O–H groups in total. The molecule has 0 fully saturated rings. The van der Waals surface area contributed by atoms with Crippen LogP contribution in [0.5, 0.6) is 0 Å². The van der Waals surface area contributed by atoms with Crippen LogP contribution >= 0.6 is 15.3 Å². The monoisotopic (exact) mass is 264 g/mol. The topological polar surface area (TPSA) is 0 Å². The molecule has 0 aliphatic carbocycles. The van der Waals surface area contributed by atoms with E-state index in [0.717, 1.165) is 0 Å². The maximum atomic E-state index is 3.80. The van der Waals surface area contributed by atoms with Gasteiger partial charge in [0.15, 0.2) is 0 Å². The van der Waals surface area contributed by atoms with Crippen molar-refractivity contribution in [2.24, 2.45) is 0 Å². The fraction of sp³-hybridized carbons (Fsp3) is 0.778. The molecule has 3 heteroatoms. The summed E-state index contributed by atoms with van der Waals surface area (Å²) in [6, 6.07) is 2.94. The van der Waals surface area contributed by atoms with E-state index >= 15 is 0 Å². The van der Waals surface area contributed by atoms with Crippen LogP contribution in [0.25, 0.3) is 0 Å². The summed E-state index contributed by atoms with van der Waals surface area (Å²) in [5, 5.41) is 1.67. The molecule has 0 aromatic heterocycles. The van der Waals surface area contributed by atoms with Gasteiger partial charge >= 0.3 is 0 Å². The fourth-order valence-corrected chi connectivity index (χ4v) is 4.87. The van der Waals surface area contributed by atoms with Crippen molar-refractivity contribution in [3.05, 3.63) is 11.3 Å². The Labute approximate surface area is 88.2 Å². The van der Waals surface area contributed by atoms with Gasteiger partial charge in [-0.25, -0.2) is 0 Å². The standard InChI is InChI=1S/C9H21BrSi2/c1-5-9(2)11-7-6-8-12(3,4)10/h5H,6-8,11H2,1-4H3. The number of hydrogen-bond acceptors (Lipinski definition) is 0. The minimum atomic E-state index is -0.924. The second-order valence-corrected chi connectivity index (χ2v) is 16.8. The van der Waals surface area contributed by atoms with E-state index in [1.165, 1.54) is 18.5 Å². The lowest BCUT2D eigenvalue weighted by Crippen LogP contribution is -2.14. The van der Waals surface area contributed by atoms with E-state index < -0.39 is 6.69 Å². The number of hydrogen-bond donors (Lipinski definition) is 0. The number of allylic oxidation sites excluding steroid dienone is 2. The third-order valence-electron chi connectivity index (χ3n) is 2.09. The SMILES string of the molecule is CC=C(C)[SiH2]CCC[Si](C)(C)Br. The first-order valence-corrected chi connectivity index (χ1v) is 11.9. The molecule has 0 aliphatic rings. The Hall–Kier alpha value is 0.654. The van der Waals surface area contributed by atoms with Crippen molar-refractivity contribution < 1.29 is 0 Å². The molecule has 0 spiro atoms. The molecule has 0 nitrogen and oxygen atoms in total. The van der Waals surface area contributed by atoms with Gasteiger partial charge in [-0.1, -0.05) is 36.8 Å². The second kappa shape index (κ2) is 6.16. The molecular formula is C9H21BrSi2. The first-order valence-electron chi connectivity index (χ1n) is 4.76. The van der Waals surface area contributed by atoms with Crippen molar-refractivity contribution in [2.45, 2.75) is 45.5 Å². The highest BCUT2D eigenvalue weighted by Crippen LogP contribution is 2.20. The zero-order valence-corrected chi connectivity index (χ0v) is 12.8. The Morgan fingerprint density at radius 1 is 1.50 bits per heavy atom. The second-order valence-electron chi connectivity index (χ2n) is 4.06. The summed E-state index contributed by atoms with van der Waals surface area (Å²) in [5.41, 5.74) is 0. The largest absolute Gasteiger partial charge is 0.127 e. The summed E-state index contributed by atoms with van der Waals surface area (Å²) in [6.07, 6.45) is 3.73. The van der Waals surface area contributed by atoms with Crippen molar-refractivity contribution in [3.63, 3.8) is 0 Å². The van der Waals surface area contributed by atoms with Gasteiger partial charge in [-0.3, -0.25) is 0 Å². The molecule has 0 bridgehead atoms. The van der Waals surface area contributed by atoms with Crippen LogP contribution in [0, 0.1) is 0 Å². The smallest absolute Gasteiger partial charge is 0.124 e. The zero-order chi connectivity index (χ0) is 9.61.